The lowest BCUT2D eigenvalue weighted by Crippen LogP contribution is -2.39. The smallest absolute Gasteiger partial charge is 0.410 e. The molecule has 2 aliphatic heterocycles. The highest BCUT2D eigenvalue weighted by molar-refractivity contribution is 8.18. The monoisotopic (exact) mass is 437 g/mol. The van der Waals surface area contributed by atoms with E-state index >= 15 is 0 Å². The van der Waals surface area contributed by atoms with E-state index in [0.717, 1.165) is 29.4 Å². The molecule has 2 fully saturated rings. The van der Waals surface area contributed by atoms with E-state index in [-0.39, 0.29) is 11.3 Å². The zero-order valence-electron chi connectivity index (χ0n) is 16.7. The molecule has 0 aromatic heterocycles. The number of benzene rings is 1. The van der Waals surface area contributed by atoms with Gasteiger partial charge in [-0.05, 0) is 51.1 Å². The van der Waals surface area contributed by atoms with Crippen molar-refractivity contribution in [2.75, 3.05) is 31.1 Å². The standard InChI is InChI=1S/C20H24ClN3O4S/c1-20(2,3)28-19(27)24-9-5-8-23(10-11-24)16-13(6-4-7-14(16)21)12-15-17(25)22-18(26)29-15/h4,6-7,12H,5,8-11H2,1-3H3,(H,22,25,26)/b15-12+. The molecule has 1 aromatic rings. The maximum atomic E-state index is 12.4. The summed E-state index contributed by atoms with van der Waals surface area (Å²) in [5.41, 5.74) is 1.01. The van der Waals surface area contributed by atoms with Gasteiger partial charge in [-0.3, -0.25) is 14.9 Å². The van der Waals surface area contributed by atoms with Gasteiger partial charge in [0.1, 0.15) is 5.60 Å². The number of imide groups is 1. The Balaban J connectivity index is 1.81. The van der Waals surface area contributed by atoms with E-state index in [4.69, 9.17) is 16.3 Å². The molecule has 2 heterocycles. The maximum Gasteiger partial charge on any atom is 0.410 e. The van der Waals surface area contributed by atoms with E-state index in [0.29, 0.717) is 36.1 Å². The predicted octanol–water partition coefficient (Wildman–Crippen LogP) is 4.11. The van der Waals surface area contributed by atoms with Crippen LogP contribution in [0.5, 0.6) is 0 Å². The highest BCUT2D eigenvalue weighted by atomic mass is 35.5. The summed E-state index contributed by atoms with van der Waals surface area (Å²) in [6, 6.07) is 5.46. The molecule has 29 heavy (non-hydrogen) atoms. The van der Waals surface area contributed by atoms with Crippen molar-refractivity contribution in [3.8, 4) is 0 Å². The Morgan fingerprint density at radius 1 is 1.21 bits per heavy atom. The van der Waals surface area contributed by atoms with Gasteiger partial charge < -0.3 is 14.5 Å². The van der Waals surface area contributed by atoms with Crippen molar-refractivity contribution in [3.63, 3.8) is 0 Å². The number of para-hydroxylation sites is 1. The largest absolute Gasteiger partial charge is 0.444 e. The van der Waals surface area contributed by atoms with E-state index < -0.39 is 11.5 Å². The lowest BCUT2D eigenvalue weighted by atomic mass is 10.1. The van der Waals surface area contributed by atoms with Gasteiger partial charge in [-0.15, -0.1) is 0 Å². The number of carbonyl (C=O) groups is 3. The van der Waals surface area contributed by atoms with Gasteiger partial charge in [-0.2, -0.15) is 0 Å². The number of anilines is 1. The second-order valence-electron chi connectivity index (χ2n) is 7.84. The van der Waals surface area contributed by atoms with Crippen molar-refractivity contribution < 1.29 is 19.1 Å². The number of amides is 3. The van der Waals surface area contributed by atoms with Crippen LogP contribution in [0.4, 0.5) is 15.3 Å². The van der Waals surface area contributed by atoms with Crippen LogP contribution >= 0.6 is 23.4 Å². The number of rotatable bonds is 2. The molecule has 2 saturated heterocycles. The molecule has 0 atom stereocenters. The molecular formula is C20H24ClN3O4S. The minimum atomic E-state index is -0.540. The highest BCUT2D eigenvalue weighted by Crippen LogP contribution is 2.35. The molecule has 0 unspecified atom stereocenters. The first-order valence-corrected chi connectivity index (χ1v) is 10.6. The van der Waals surface area contributed by atoms with Gasteiger partial charge in [0.15, 0.2) is 0 Å². The van der Waals surface area contributed by atoms with E-state index in [1.807, 2.05) is 32.9 Å². The van der Waals surface area contributed by atoms with Crippen molar-refractivity contribution >= 4 is 52.4 Å². The Bertz CT molecular complexity index is 866. The molecule has 156 valence electrons. The van der Waals surface area contributed by atoms with Crippen LogP contribution in [0.15, 0.2) is 23.1 Å². The highest BCUT2D eigenvalue weighted by Gasteiger charge is 2.28. The van der Waals surface area contributed by atoms with Crippen molar-refractivity contribution in [3.05, 3.63) is 33.7 Å². The third-order valence-corrected chi connectivity index (χ3v) is 5.53. The summed E-state index contributed by atoms with van der Waals surface area (Å²) in [6.45, 7) is 7.93. The molecule has 1 aromatic carbocycles. The number of nitrogens with one attached hydrogen (secondary N) is 1. The van der Waals surface area contributed by atoms with Crippen LogP contribution in [-0.2, 0) is 9.53 Å². The van der Waals surface area contributed by atoms with Gasteiger partial charge in [-0.25, -0.2) is 4.79 Å². The predicted molar refractivity (Wildman–Crippen MR) is 115 cm³/mol. The summed E-state index contributed by atoms with van der Waals surface area (Å²) in [7, 11) is 0. The topological polar surface area (TPSA) is 79.0 Å². The summed E-state index contributed by atoms with van der Waals surface area (Å²) in [5, 5.41) is 2.43. The fraction of sp³-hybridized carbons (Fsp3) is 0.450. The van der Waals surface area contributed by atoms with Crippen LogP contribution in [0, 0.1) is 0 Å². The molecule has 0 aliphatic carbocycles. The molecule has 0 bridgehead atoms. The number of nitrogens with zero attached hydrogens (tertiary/aromatic N) is 2. The number of halogens is 1. The Morgan fingerprint density at radius 3 is 2.62 bits per heavy atom. The quantitative estimate of drug-likeness (QED) is 0.701. The first-order chi connectivity index (χ1) is 13.6. The average Bonchev–Trinajstić information content (AvgIpc) is 2.81. The van der Waals surface area contributed by atoms with Crippen molar-refractivity contribution in [1.29, 1.82) is 0 Å². The SMILES string of the molecule is CC(C)(C)OC(=O)N1CCCN(c2c(Cl)cccc2/C=C2/SC(=O)NC2=O)CC1. The van der Waals surface area contributed by atoms with E-state index in [1.165, 1.54) is 0 Å². The van der Waals surface area contributed by atoms with Crippen LogP contribution in [0.25, 0.3) is 6.08 Å². The second-order valence-corrected chi connectivity index (χ2v) is 9.26. The fourth-order valence-electron chi connectivity index (χ4n) is 3.19. The first-order valence-electron chi connectivity index (χ1n) is 9.40. The van der Waals surface area contributed by atoms with Gasteiger partial charge in [0, 0.05) is 31.7 Å². The van der Waals surface area contributed by atoms with Gasteiger partial charge in [0.2, 0.25) is 0 Å². The lowest BCUT2D eigenvalue weighted by Gasteiger charge is -2.27. The van der Waals surface area contributed by atoms with Crippen LogP contribution in [0.3, 0.4) is 0 Å². The summed E-state index contributed by atoms with van der Waals surface area (Å²) in [4.78, 5) is 39.9. The van der Waals surface area contributed by atoms with Crippen molar-refractivity contribution in [2.24, 2.45) is 0 Å². The summed E-state index contributed by atoms with van der Waals surface area (Å²) < 4.78 is 5.49. The third kappa shape index (κ3) is 5.45. The third-order valence-electron chi connectivity index (χ3n) is 4.41. The average molecular weight is 438 g/mol. The van der Waals surface area contributed by atoms with Gasteiger partial charge in [0.05, 0.1) is 15.6 Å². The summed E-state index contributed by atoms with van der Waals surface area (Å²) >= 11 is 7.38. The number of hydrogen-bond donors (Lipinski definition) is 1. The van der Waals surface area contributed by atoms with Gasteiger partial charge in [-0.1, -0.05) is 23.7 Å². The second kappa shape index (κ2) is 8.67. The molecule has 3 amide bonds. The van der Waals surface area contributed by atoms with Crippen LogP contribution < -0.4 is 10.2 Å². The maximum absolute atomic E-state index is 12.4. The number of ether oxygens (including phenoxy) is 1. The lowest BCUT2D eigenvalue weighted by molar-refractivity contribution is -0.115. The minimum Gasteiger partial charge on any atom is -0.444 e. The van der Waals surface area contributed by atoms with E-state index in [2.05, 4.69) is 10.2 Å². The van der Waals surface area contributed by atoms with Crippen molar-refractivity contribution in [1.82, 2.24) is 10.2 Å². The molecule has 0 spiro atoms. The summed E-state index contributed by atoms with van der Waals surface area (Å²) in [6.07, 6.45) is 2.12. The number of thioether (sulfide) groups is 1. The van der Waals surface area contributed by atoms with Crippen LogP contribution in [0.1, 0.15) is 32.8 Å². The molecule has 3 rings (SSSR count). The zero-order valence-corrected chi connectivity index (χ0v) is 18.2. The number of hydrogen-bond acceptors (Lipinski definition) is 6. The van der Waals surface area contributed by atoms with E-state index in [9.17, 15) is 14.4 Å². The number of carbonyl (C=O) groups excluding carboxylic acids is 3. The molecule has 7 nitrogen and oxygen atoms in total. The molecule has 0 radical (unpaired) electrons. The molecule has 2 aliphatic rings. The molecular weight excluding hydrogens is 414 g/mol. The Kier molecular flexibility index (Phi) is 6.43. The first kappa shape index (κ1) is 21.5. The van der Waals surface area contributed by atoms with Gasteiger partial charge >= 0.3 is 6.09 Å². The minimum absolute atomic E-state index is 0.321. The Hall–Kier alpha value is -2.19. The normalized spacial score (nSPS) is 19.4. The Labute approximate surface area is 179 Å². The van der Waals surface area contributed by atoms with Crippen LogP contribution in [-0.4, -0.2) is 53.9 Å². The van der Waals surface area contributed by atoms with Crippen molar-refractivity contribution in [2.45, 2.75) is 32.8 Å². The molecule has 1 N–H and O–H groups in total. The fourth-order valence-corrected chi connectivity index (χ4v) is 4.17. The Morgan fingerprint density at radius 2 is 1.97 bits per heavy atom. The summed E-state index contributed by atoms with van der Waals surface area (Å²) in [5.74, 6) is -0.405. The zero-order chi connectivity index (χ0) is 21.2. The van der Waals surface area contributed by atoms with Crippen LogP contribution in [0.2, 0.25) is 5.02 Å². The van der Waals surface area contributed by atoms with E-state index in [1.54, 1.807) is 17.0 Å². The van der Waals surface area contributed by atoms with Gasteiger partial charge in [0.25, 0.3) is 11.1 Å². The molecule has 9 heteroatoms. The molecule has 0 saturated carbocycles.